The van der Waals surface area contributed by atoms with Crippen molar-refractivity contribution in [2.75, 3.05) is 32.8 Å². The molecular weight excluding hydrogens is 626 g/mol. The molecule has 2 aliphatic rings. The van der Waals surface area contributed by atoms with Gasteiger partial charge in [0.15, 0.2) is 5.96 Å². The fourth-order valence-electron chi connectivity index (χ4n) is 4.40. The maximum atomic E-state index is 13.5. The highest BCUT2D eigenvalue weighted by atomic mass is 16.3. The summed E-state index contributed by atoms with van der Waals surface area (Å²) in [5, 5.41) is 38.2. The summed E-state index contributed by atoms with van der Waals surface area (Å²) in [6.07, 6.45) is 1.64. The normalized spacial score (nSPS) is 26.3. The Bertz CT molecular complexity index is 1240. The monoisotopic (exact) mass is 669 g/mol. The molecule has 2 aliphatic heterocycles. The number of nitrogens with one attached hydrogen (secondary N) is 8. The van der Waals surface area contributed by atoms with Gasteiger partial charge in [-0.25, -0.2) is 4.79 Å². The molecule has 262 valence electrons. The van der Waals surface area contributed by atoms with Crippen molar-refractivity contribution in [1.29, 1.82) is 0 Å². The van der Waals surface area contributed by atoms with Gasteiger partial charge in [-0.15, -0.1) is 0 Å². The van der Waals surface area contributed by atoms with Crippen molar-refractivity contribution in [1.82, 2.24) is 42.5 Å². The number of hydrogen-bond donors (Lipinski definition) is 14. The summed E-state index contributed by atoms with van der Waals surface area (Å²) < 4.78 is 0. The number of nitrogens with two attached hydrogens (primary N) is 4. The number of carbonyl (C=O) groups is 7. The lowest BCUT2D eigenvalue weighted by Crippen LogP contribution is -2.64. The highest BCUT2D eigenvalue weighted by Gasteiger charge is 2.35. The van der Waals surface area contributed by atoms with Crippen LogP contribution >= 0.6 is 0 Å². The topological polar surface area (TPSA) is 373 Å². The summed E-state index contributed by atoms with van der Waals surface area (Å²) in [5.74, 6) is -6.06. The highest BCUT2D eigenvalue weighted by molar-refractivity contribution is 6.02. The Hall–Kier alpha value is -5.06. The number of guanidine groups is 1. The molecule has 0 saturated carbocycles. The van der Waals surface area contributed by atoms with Gasteiger partial charge in [0.1, 0.15) is 29.9 Å². The number of amides is 8. The number of urea groups is 1. The zero-order valence-corrected chi connectivity index (χ0v) is 25.4. The molecule has 0 unspecified atom stereocenters. The lowest BCUT2D eigenvalue weighted by molar-refractivity contribution is -0.135. The van der Waals surface area contributed by atoms with Crippen LogP contribution in [0.15, 0.2) is 16.9 Å². The molecule has 0 radical (unpaired) electrons. The summed E-state index contributed by atoms with van der Waals surface area (Å²) in [6, 6.07) is -9.03. The first-order chi connectivity index (χ1) is 22.3. The highest BCUT2D eigenvalue weighted by Crippen LogP contribution is 2.07. The van der Waals surface area contributed by atoms with Crippen LogP contribution in [0.5, 0.6) is 0 Å². The zero-order valence-electron chi connectivity index (χ0n) is 25.4. The average molecular weight is 670 g/mol. The molecule has 22 nitrogen and oxygen atoms in total. The third kappa shape index (κ3) is 12.3. The lowest BCUT2D eigenvalue weighted by atomic mass is 10.0. The second-order valence-corrected chi connectivity index (χ2v) is 10.6. The Morgan fingerprint density at radius 1 is 0.979 bits per heavy atom. The zero-order chi connectivity index (χ0) is 35.1. The summed E-state index contributed by atoms with van der Waals surface area (Å²) in [4.78, 5) is 94.2. The minimum absolute atomic E-state index is 0.0398. The fraction of sp³-hybridized carbons (Fsp3) is 0.600. The largest absolute Gasteiger partial charge is 0.394 e. The van der Waals surface area contributed by atoms with Crippen molar-refractivity contribution in [2.24, 2.45) is 27.9 Å². The number of hydrogen-bond acceptors (Lipinski definition) is 14. The Balaban J connectivity index is 2.51. The van der Waals surface area contributed by atoms with E-state index in [-0.39, 0.29) is 25.3 Å². The van der Waals surface area contributed by atoms with Crippen molar-refractivity contribution in [3.05, 3.63) is 11.9 Å². The van der Waals surface area contributed by atoms with Crippen molar-refractivity contribution in [3.8, 4) is 0 Å². The van der Waals surface area contributed by atoms with E-state index in [1.807, 2.05) is 5.32 Å². The van der Waals surface area contributed by atoms with Crippen LogP contribution in [-0.4, -0.2) is 127 Å². The van der Waals surface area contributed by atoms with Gasteiger partial charge in [-0.2, -0.15) is 0 Å². The predicted octanol–water partition coefficient (Wildman–Crippen LogP) is -8.20. The van der Waals surface area contributed by atoms with Crippen LogP contribution in [0.4, 0.5) is 4.79 Å². The van der Waals surface area contributed by atoms with Crippen LogP contribution in [0, 0.1) is 0 Å². The standard InChI is InChI=1S/C25H43N13O9/c26-4-1-2-11(27)6-17(41)33-13-7-31-23(46)18(12-3-5-30-24(28)37-12)38-20(43)14(8-32-25(29)47)34-21(44)15(9-39)36-22(45)16(10-40)35-19(13)42/h8,11-13,15-16,18,39-40H,1-7,9-10,26-27H2,(H,31,46)(H,33,41)(H,34,44)(H,35,42)(H,36,45)(H,38,43)(H3,28,30,37)(H3,29,32,47)/b14-8+/t11-,12-,13+,15-,16+,18+/m0/s1. The molecule has 2 rings (SSSR count). The summed E-state index contributed by atoms with van der Waals surface area (Å²) in [6.45, 7) is -2.06. The summed E-state index contributed by atoms with van der Waals surface area (Å²) in [5.41, 5.74) is 21.7. The quantitative estimate of drug-likeness (QED) is 0.0962. The predicted molar refractivity (Wildman–Crippen MR) is 163 cm³/mol. The molecule has 0 bridgehead atoms. The van der Waals surface area contributed by atoms with E-state index in [0.29, 0.717) is 25.6 Å². The van der Waals surface area contributed by atoms with Crippen molar-refractivity contribution in [2.45, 2.75) is 61.9 Å². The van der Waals surface area contributed by atoms with Crippen LogP contribution in [0.2, 0.25) is 0 Å². The summed E-state index contributed by atoms with van der Waals surface area (Å²) >= 11 is 0. The van der Waals surface area contributed by atoms with Crippen LogP contribution in [0.25, 0.3) is 0 Å². The number of carbonyl (C=O) groups excluding carboxylic acids is 7. The number of primary amides is 1. The number of aliphatic imine (C=N–C) groups is 1. The van der Waals surface area contributed by atoms with E-state index in [9.17, 15) is 43.8 Å². The minimum atomic E-state index is -1.74. The van der Waals surface area contributed by atoms with Gasteiger partial charge in [-0.3, -0.25) is 33.8 Å². The SMILES string of the molecule is NCCC[C@H](N)CC(=O)N[C@@H]1CNC(=O)[C@@H]([C@@H]2CCN=C(N)N2)NC(=O)/C(=C\NC(N)=O)NC(=O)[C@H](CO)NC(=O)[C@@H](CO)NC1=O. The van der Waals surface area contributed by atoms with Gasteiger partial charge in [-0.05, 0) is 25.8 Å². The molecule has 18 N–H and O–H groups in total. The van der Waals surface area contributed by atoms with Crippen LogP contribution in [0.3, 0.4) is 0 Å². The lowest BCUT2D eigenvalue weighted by Gasteiger charge is -2.31. The molecule has 1 fully saturated rings. The molecule has 6 atom stereocenters. The molecule has 0 aromatic rings. The Morgan fingerprint density at radius 3 is 2.26 bits per heavy atom. The number of aliphatic hydroxyl groups is 2. The third-order valence-electron chi connectivity index (χ3n) is 6.88. The van der Waals surface area contributed by atoms with Gasteiger partial charge in [0.05, 0.1) is 19.3 Å². The fourth-order valence-corrected chi connectivity index (χ4v) is 4.40. The van der Waals surface area contributed by atoms with Gasteiger partial charge in [0, 0.05) is 31.8 Å². The molecular formula is C25H43N13O9. The van der Waals surface area contributed by atoms with Crippen molar-refractivity contribution >= 4 is 47.4 Å². The van der Waals surface area contributed by atoms with E-state index in [4.69, 9.17) is 22.9 Å². The van der Waals surface area contributed by atoms with Crippen molar-refractivity contribution < 1.29 is 43.8 Å². The first-order valence-corrected chi connectivity index (χ1v) is 14.6. The molecule has 8 amide bonds. The van der Waals surface area contributed by atoms with Gasteiger partial charge >= 0.3 is 6.03 Å². The first kappa shape index (κ1) is 38.1. The smallest absolute Gasteiger partial charge is 0.316 e. The Kier molecular flexibility index (Phi) is 15.2. The van der Waals surface area contributed by atoms with Crippen LogP contribution in [-0.2, 0) is 28.8 Å². The molecule has 0 aliphatic carbocycles. The van der Waals surface area contributed by atoms with Gasteiger partial charge in [-0.1, -0.05) is 0 Å². The first-order valence-electron chi connectivity index (χ1n) is 14.6. The Labute approximate surface area is 268 Å². The third-order valence-corrected chi connectivity index (χ3v) is 6.88. The molecule has 47 heavy (non-hydrogen) atoms. The molecule has 1 saturated heterocycles. The van der Waals surface area contributed by atoms with Crippen molar-refractivity contribution in [3.63, 3.8) is 0 Å². The van der Waals surface area contributed by atoms with Gasteiger partial charge in [0.2, 0.25) is 29.5 Å². The number of aliphatic hydroxyl groups excluding tert-OH is 2. The maximum Gasteiger partial charge on any atom is 0.316 e. The molecule has 22 heteroatoms. The average Bonchev–Trinajstić information content (AvgIpc) is 3.02. The summed E-state index contributed by atoms with van der Waals surface area (Å²) in [7, 11) is 0. The maximum absolute atomic E-state index is 13.5. The minimum Gasteiger partial charge on any atom is -0.394 e. The second-order valence-electron chi connectivity index (χ2n) is 10.6. The van der Waals surface area contributed by atoms with E-state index < -0.39 is 103 Å². The number of nitrogens with zero attached hydrogens (tertiary/aromatic N) is 1. The van der Waals surface area contributed by atoms with Crippen LogP contribution in [0.1, 0.15) is 25.7 Å². The van der Waals surface area contributed by atoms with Crippen LogP contribution < -0.4 is 65.5 Å². The van der Waals surface area contributed by atoms with E-state index in [2.05, 4.69) is 42.2 Å². The molecule has 0 aromatic heterocycles. The van der Waals surface area contributed by atoms with E-state index in [1.165, 1.54) is 0 Å². The van der Waals surface area contributed by atoms with Gasteiger partial charge < -0.3 is 75.7 Å². The van der Waals surface area contributed by atoms with E-state index in [0.717, 1.165) is 0 Å². The molecule has 2 heterocycles. The van der Waals surface area contributed by atoms with E-state index >= 15 is 0 Å². The second kappa shape index (κ2) is 18.8. The molecule has 0 spiro atoms. The Morgan fingerprint density at radius 2 is 1.64 bits per heavy atom. The number of rotatable bonds is 10. The van der Waals surface area contributed by atoms with E-state index in [1.54, 1.807) is 0 Å². The van der Waals surface area contributed by atoms with Gasteiger partial charge in [0.25, 0.3) is 5.91 Å². The molecule has 0 aromatic carbocycles.